The topological polar surface area (TPSA) is 35.2 Å². The molecule has 1 aliphatic heterocycles. The predicted molar refractivity (Wildman–Crippen MR) is 77.7 cm³/mol. The first-order valence-electron chi connectivity index (χ1n) is 6.48. The van der Waals surface area contributed by atoms with E-state index in [0.29, 0.717) is 0 Å². The van der Waals surface area contributed by atoms with E-state index in [1.54, 1.807) is 0 Å². The van der Waals surface area contributed by atoms with Crippen LogP contribution in [-0.4, -0.2) is 6.61 Å². The molecule has 0 aromatic heterocycles. The summed E-state index contributed by atoms with van der Waals surface area (Å²) in [5.41, 5.74) is 9.88. The molecule has 2 nitrogen and oxygen atoms in total. The van der Waals surface area contributed by atoms with E-state index in [1.807, 2.05) is 24.3 Å². The van der Waals surface area contributed by atoms with Crippen LogP contribution < -0.4 is 10.5 Å². The van der Waals surface area contributed by atoms with Crippen LogP contribution in [0.25, 0.3) is 0 Å². The lowest BCUT2D eigenvalue weighted by molar-refractivity contribution is 0.351. The highest BCUT2D eigenvalue weighted by Crippen LogP contribution is 2.33. The van der Waals surface area contributed by atoms with Gasteiger partial charge < -0.3 is 10.5 Å². The number of hydrogen-bond acceptors (Lipinski definition) is 2. The van der Waals surface area contributed by atoms with Crippen molar-refractivity contribution in [3.8, 4) is 5.75 Å². The van der Waals surface area contributed by atoms with Gasteiger partial charge in [-0.3, -0.25) is 0 Å². The fourth-order valence-electron chi connectivity index (χ4n) is 2.52. The first kappa shape index (κ1) is 12.5. The molecule has 2 N–H and O–H groups in total. The molecule has 0 bridgehead atoms. The summed E-state index contributed by atoms with van der Waals surface area (Å²) < 4.78 is 5.71. The molecule has 2 aromatic carbocycles. The molecule has 98 valence electrons. The highest BCUT2D eigenvalue weighted by atomic mass is 35.5. The lowest BCUT2D eigenvalue weighted by Gasteiger charge is -2.15. The van der Waals surface area contributed by atoms with Crippen molar-refractivity contribution < 1.29 is 4.74 Å². The molecule has 0 spiro atoms. The molecule has 1 aliphatic rings. The Morgan fingerprint density at radius 3 is 2.74 bits per heavy atom. The van der Waals surface area contributed by atoms with Gasteiger partial charge in [-0.05, 0) is 29.7 Å². The number of halogens is 1. The zero-order chi connectivity index (χ0) is 13.2. The quantitative estimate of drug-likeness (QED) is 0.929. The van der Waals surface area contributed by atoms with Crippen molar-refractivity contribution >= 4 is 11.6 Å². The van der Waals surface area contributed by atoms with Crippen LogP contribution in [0, 0.1) is 0 Å². The molecule has 0 saturated carbocycles. The van der Waals surface area contributed by atoms with Crippen LogP contribution in [0.2, 0.25) is 5.02 Å². The Bertz CT molecular complexity index is 580. The fraction of sp³-hybridized carbons (Fsp3) is 0.250. The van der Waals surface area contributed by atoms with E-state index in [4.69, 9.17) is 22.1 Å². The Labute approximate surface area is 118 Å². The van der Waals surface area contributed by atoms with Crippen molar-refractivity contribution in [1.82, 2.24) is 0 Å². The standard InChI is InChI=1S/C16H16ClNO/c17-13-6-4-11(5-7-13)10-15(18)14-3-1-2-12-8-9-19-16(12)14/h1-7,15H,8-10,18H2. The van der Waals surface area contributed by atoms with Crippen molar-refractivity contribution in [2.75, 3.05) is 6.61 Å². The van der Waals surface area contributed by atoms with Gasteiger partial charge in [-0.25, -0.2) is 0 Å². The second-order valence-electron chi connectivity index (χ2n) is 4.87. The Hall–Kier alpha value is -1.51. The molecule has 0 amide bonds. The number of fused-ring (bicyclic) bond motifs is 1. The molecule has 3 rings (SSSR count). The number of nitrogens with two attached hydrogens (primary N) is 1. The van der Waals surface area contributed by atoms with Crippen LogP contribution in [0.3, 0.4) is 0 Å². The van der Waals surface area contributed by atoms with E-state index in [1.165, 1.54) is 11.1 Å². The van der Waals surface area contributed by atoms with E-state index in [9.17, 15) is 0 Å². The monoisotopic (exact) mass is 273 g/mol. The number of benzene rings is 2. The van der Waals surface area contributed by atoms with Crippen molar-refractivity contribution in [1.29, 1.82) is 0 Å². The minimum Gasteiger partial charge on any atom is -0.493 e. The van der Waals surface area contributed by atoms with Crippen LogP contribution in [0.1, 0.15) is 22.7 Å². The average Bonchev–Trinajstić information content (AvgIpc) is 2.89. The molecular weight excluding hydrogens is 258 g/mol. The maximum Gasteiger partial charge on any atom is 0.127 e. The molecule has 0 radical (unpaired) electrons. The fourth-order valence-corrected chi connectivity index (χ4v) is 2.64. The van der Waals surface area contributed by atoms with Gasteiger partial charge in [0.05, 0.1) is 6.61 Å². The van der Waals surface area contributed by atoms with E-state index in [2.05, 4.69) is 18.2 Å². The van der Waals surface area contributed by atoms with E-state index < -0.39 is 0 Å². The Morgan fingerprint density at radius 1 is 1.16 bits per heavy atom. The maximum absolute atomic E-state index is 6.33. The summed E-state index contributed by atoms with van der Waals surface area (Å²) in [7, 11) is 0. The van der Waals surface area contributed by atoms with Crippen LogP contribution >= 0.6 is 11.6 Å². The zero-order valence-corrected chi connectivity index (χ0v) is 11.4. The molecular formula is C16H16ClNO. The average molecular weight is 274 g/mol. The second-order valence-corrected chi connectivity index (χ2v) is 5.31. The van der Waals surface area contributed by atoms with Gasteiger partial charge >= 0.3 is 0 Å². The van der Waals surface area contributed by atoms with Gasteiger partial charge in [-0.15, -0.1) is 0 Å². The molecule has 1 heterocycles. The van der Waals surface area contributed by atoms with Gasteiger partial charge in [0.25, 0.3) is 0 Å². The van der Waals surface area contributed by atoms with Gasteiger partial charge in [0.1, 0.15) is 5.75 Å². The molecule has 0 fully saturated rings. The van der Waals surface area contributed by atoms with Gasteiger partial charge in [0.15, 0.2) is 0 Å². The zero-order valence-electron chi connectivity index (χ0n) is 10.6. The van der Waals surface area contributed by atoms with Crippen molar-refractivity contribution in [3.05, 3.63) is 64.2 Å². The Kier molecular flexibility index (Phi) is 3.45. The van der Waals surface area contributed by atoms with Gasteiger partial charge in [0, 0.05) is 23.0 Å². The first-order valence-corrected chi connectivity index (χ1v) is 6.86. The van der Waals surface area contributed by atoms with Crippen molar-refractivity contribution in [2.24, 2.45) is 5.73 Å². The minimum atomic E-state index is -0.0470. The molecule has 19 heavy (non-hydrogen) atoms. The first-order chi connectivity index (χ1) is 9.24. The number of ether oxygens (including phenoxy) is 1. The molecule has 1 unspecified atom stereocenters. The van der Waals surface area contributed by atoms with Crippen molar-refractivity contribution in [3.63, 3.8) is 0 Å². The number of hydrogen-bond donors (Lipinski definition) is 1. The summed E-state index contributed by atoms with van der Waals surface area (Å²) in [6, 6.07) is 14.0. The lowest BCUT2D eigenvalue weighted by atomic mass is 9.97. The van der Waals surface area contributed by atoms with Crippen LogP contribution in [0.15, 0.2) is 42.5 Å². The largest absolute Gasteiger partial charge is 0.493 e. The predicted octanol–water partition coefficient (Wildman–Crippen LogP) is 3.52. The van der Waals surface area contributed by atoms with E-state index in [0.717, 1.165) is 35.8 Å². The summed E-state index contributed by atoms with van der Waals surface area (Å²) in [6.07, 6.45) is 1.77. The second kappa shape index (κ2) is 5.24. The molecule has 0 saturated heterocycles. The van der Waals surface area contributed by atoms with Crippen LogP contribution in [0.5, 0.6) is 5.75 Å². The smallest absolute Gasteiger partial charge is 0.127 e. The van der Waals surface area contributed by atoms with Crippen LogP contribution in [-0.2, 0) is 12.8 Å². The molecule has 3 heteroatoms. The Morgan fingerprint density at radius 2 is 1.95 bits per heavy atom. The third-order valence-corrected chi connectivity index (χ3v) is 3.77. The summed E-state index contributed by atoms with van der Waals surface area (Å²) in [5, 5.41) is 0.751. The summed E-state index contributed by atoms with van der Waals surface area (Å²) in [6.45, 7) is 0.764. The number of para-hydroxylation sites is 1. The third-order valence-electron chi connectivity index (χ3n) is 3.51. The minimum absolute atomic E-state index is 0.0470. The SMILES string of the molecule is NC(Cc1ccc(Cl)cc1)c1cccc2c1OCC2. The molecule has 0 aliphatic carbocycles. The van der Waals surface area contributed by atoms with E-state index in [-0.39, 0.29) is 6.04 Å². The maximum atomic E-state index is 6.33. The van der Waals surface area contributed by atoms with Gasteiger partial charge in [-0.2, -0.15) is 0 Å². The van der Waals surface area contributed by atoms with Gasteiger partial charge in [-0.1, -0.05) is 41.9 Å². The number of rotatable bonds is 3. The summed E-state index contributed by atoms with van der Waals surface area (Å²) >= 11 is 5.89. The third kappa shape index (κ3) is 2.60. The summed E-state index contributed by atoms with van der Waals surface area (Å²) in [5.74, 6) is 0.990. The van der Waals surface area contributed by atoms with Gasteiger partial charge in [0.2, 0.25) is 0 Å². The van der Waals surface area contributed by atoms with Crippen molar-refractivity contribution in [2.45, 2.75) is 18.9 Å². The lowest BCUT2D eigenvalue weighted by Crippen LogP contribution is -2.14. The molecule has 2 aromatic rings. The van der Waals surface area contributed by atoms with Crippen LogP contribution in [0.4, 0.5) is 0 Å². The summed E-state index contributed by atoms with van der Waals surface area (Å²) in [4.78, 5) is 0. The highest BCUT2D eigenvalue weighted by Gasteiger charge is 2.19. The Balaban J connectivity index is 1.83. The normalized spacial score (nSPS) is 14.8. The highest BCUT2D eigenvalue weighted by molar-refractivity contribution is 6.30. The van der Waals surface area contributed by atoms with E-state index >= 15 is 0 Å². The molecule has 1 atom stereocenters.